The number of hydrogen-bond acceptors (Lipinski definition) is 1. The molecule has 1 heterocycles. The lowest BCUT2D eigenvalue weighted by molar-refractivity contribution is 0.0924. The molecule has 3 atom stereocenters. The molecule has 76 valence electrons. The van der Waals surface area contributed by atoms with Crippen molar-refractivity contribution in [3.63, 3.8) is 0 Å². The zero-order chi connectivity index (χ0) is 9.84. The van der Waals surface area contributed by atoms with Gasteiger partial charge in [-0.1, -0.05) is 26.3 Å². The van der Waals surface area contributed by atoms with E-state index in [2.05, 4.69) is 38.3 Å². The fourth-order valence-electron chi connectivity index (χ4n) is 2.51. The minimum Gasteiger partial charge on any atom is -0.301 e. The van der Waals surface area contributed by atoms with Gasteiger partial charge >= 0.3 is 0 Å². The Balaban J connectivity index is 2.59. The molecule has 1 saturated heterocycles. The summed E-state index contributed by atoms with van der Waals surface area (Å²) in [5.41, 5.74) is 0. The maximum atomic E-state index is 3.95. The van der Waals surface area contributed by atoms with E-state index < -0.39 is 0 Å². The van der Waals surface area contributed by atoms with Crippen LogP contribution in [0.15, 0.2) is 12.7 Å². The molecule has 1 heteroatoms. The van der Waals surface area contributed by atoms with E-state index in [4.69, 9.17) is 0 Å². The quantitative estimate of drug-likeness (QED) is 0.605. The van der Waals surface area contributed by atoms with Gasteiger partial charge in [0.15, 0.2) is 0 Å². The Bertz CT molecular complexity index is 165. The van der Waals surface area contributed by atoms with Gasteiger partial charge in [0.1, 0.15) is 0 Å². The molecule has 1 aliphatic rings. The summed E-state index contributed by atoms with van der Waals surface area (Å²) >= 11 is 0. The van der Waals surface area contributed by atoms with Crippen molar-refractivity contribution >= 4 is 0 Å². The van der Waals surface area contributed by atoms with Crippen LogP contribution in [0, 0.1) is 11.8 Å². The second kappa shape index (κ2) is 4.80. The van der Waals surface area contributed by atoms with E-state index in [1.807, 2.05) is 0 Å². The zero-order valence-electron chi connectivity index (χ0n) is 9.29. The molecular weight excluding hydrogens is 158 g/mol. The highest BCUT2D eigenvalue weighted by Crippen LogP contribution is 2.30. The first-order chi connectivity index (χ1) is 6.22. The van der Waals surface area contributed by atoms with E-state index in [9.17, 15) is 0 Å². The Morgan fingerprint density at radius 3 is 2.62 bits per heavy atom. The molecule has 0 unspecified atom stereocenters. The van der Waals surface area contributed by atoms with Crippen molar-refractivity contribution in [2.24, 2.45) is 11.8 Å². The van der Waals surface area contributed by atoms with Gasteiger partial charge in [0.2, 0.25) is 0 Å². The van der Waals surface area contributed by atoms with Crippen LogP contribution in [-0.4, -0.2) is 24.0 Å². The average Bonchev–Trinajstić information content (AvgIpc) is 2.17. The summed E-state index contributed by atoms with van der Waals surface area (Å²) in [5, 5.41) is 0. The second-order valence-electron chi connectivity index (χ2n) is 4.24. The maximum Gasteiger partial charge on any atom is 0.00726 e. The maximum absolute atomic E-state index is 3.95. The van der Waals surface area contributed by atoms with Gasteiger partial charge < -0.3 is 4.90 Å². The van der Waals surface area contributed by atoms with Crippen LogP contribution in [0.3, 0.4) is 0 Å². The molecular formula is C12H23N. The Labute approximate surface area is 82.8 Å². The van der Waals surface area contributed by atoms with Crippen molar-refractivity contribution in [1.29, 1.82) is 0 Å². The molecule has 0 N–H and O–H groups in total. The van der Waals surface area contributed by atoms with Crippen LogP contribution in [0.25, 0.3) is 0 Å². The molecule has 0 aromatic carbocycles. The lowest BCUT2D eigenvalue weighted by atomic mass is 9.81. The fourth-order valence-corrected chi connectivity index (χ4v) is 2.51. The van der Waals surface area contributed by atoms with Crippen LogP contribution >= 0.6 is 0 Å². The van der Waals surface area contributed by atoms with E-state index in [1.165, 1.54) is 25.9 Å². The van der Waals surface area contributed by atoms with E-state index >= 15 is 0 Å². The normalized spacial score (nSPS) is 36.1. The topological polar surface area (TPSA) is 3.24 Å². The summed E-state index contributed by atoms with van der Waals surface area (Å²) in [4.78, 5) is 2.59. The molecule has 13 heavy (non-hydrogen) atoms. The number of allylic oxidation sites excluding steroid dienone is 1. The standard InChI is InChI=1S/C12H23N/c1-5-11-8-10(4)13(7-3)9-12(11)6-2/h5,10-12H,1,6-9H2,2-4H3/t10-,11+,12+/m1/s1. The monoisotopic (exact) mass is 181 g/mol. The highest BCUT2D eigenvalue weighted by atomic mass is 15.2. The molecule has 0 amide bonds. The second-order valence-corrected chi connectivity index (χ2v) is 4.24. The van der Waals surface area contributed by atoms with Crippen LogP contribution in [0.4, 0.5) is 0 Å². The lowest BCUT2D eigenvalue weighted by Gasteiger charge is -2.41. The molecule has 0 aromatic heterocycles. The Hall–Kier alpha value is -0.300. The van der Waals surface area contributed by atoms with Gasteiger partial charge in [-0.25, -0.2) is 0 Å². The third kappa shape index (κ3) is 2.34. The van der Waals surface area contributed by atoms with Gasteiger partial charge in [0, 0.05) is 12.6 Å². The van der Waals surface area contributed by atoms with Gasteiger partial charge in [-0.05, 0) is 31.7 Å². The first-order valence-corrected chi connectivity index (χ1v) is 5.59. The fraction of sp³-hybridized carbons (Fsp3) is 0.833. The number of likely N-dealkylation sites (tertiary alicyclic amines) is 1. The van der Waals surface area contributed by atoms with Crippen molar-refractivity contribution in [3.05, 3.63) is 12.7 Å². The van der Waals surface area contributed by atoms with Crippen LogP contribution in [0.1, 0.15) is 33.6 Å². The molecule has 1 aliphatic heterocycles. The van der Waals surface area contributed by atoms with Crippen LogP contribution in [-0.2, 0) is 0 Å². The SMILES string of the molecule is C=C[C@H]1C[C@@H](C)N(CC)C[C@@H]1CC. The van der Waals surface area contributed by atoms with Gasteiger partial charge in [0.05, 0.1) is 0 Å². The Morgan fingerprint density at radius 2 is 2.15 bits per heavy atom. The number of hydrogen-bond donors (Lipinski definition) is 0. The molecule has 0 radical (unpaired) electrons. The molecule has 1 rings (SSSR count). The highest BCUT2D eigenvalue weighted by molar-refractivity contribution is 4.92. The molecule has 0 aromatic rings. The molecule has 0 aliphatic carbocycles. The minimum absolute atomic E-state index is 0.746. The van der Waals surface area contributed by atoms with E-state index in [0.29, 0.717) is 0 Å². The summed E-state index contributed by atoms with van der Waals surface area (Å²) in [6.07, 6.45) is 4.76. The lowest BCUT2D eigenvalue weighted by Crippen LogP contribution is -2.45. The van der Waals surface area contributed by atoms with E-state index in [-0.39, 0.29) is 0 Å². The van der Waals surface area contributed by atoms with E-state index in [1.54, 1.807) is 0 Å². The van der Waals surface area contributed by atoms with E-state index in [0.717, 1.165) is 17.9 Å². The van der Waals surface area contributed by atoms with Gasteiger partial charge in [-0.15, -0.1) is 6.58 Å². The Kier molecular flexibility index (Phi) is 3.98. The van der Waals surface area contributed by atoms with Gasteiger partial charge in [0.25, 0.3) is 0 Å². The molecule has 1 fully saturated rings. The van der Waals surface area contributed by atoms with Gasteiger partial charge in [-0.3, -0.25) is 0 Å². The first-order valence-electron chi connectivity index (χ1n) is 5.59. The van der Waals surface area contributed by atoms with Crippen molar-refractivity contribution in [2.75, 3.05) is 13.1 Å². The van der Waals surface area contributed by atoms with Crippen LogP contribution in [0.5, 0.6) is 0 Å². The first kappa shape index (κ1) is 10.8. The summed E-state index contributed by atoms with van der Waals surface area (Å²) in [7, 11) is 0. The minimum atomic E-state index is 0.746. The highest BCUT2D eigenvalue weighted by Gasteiger charge is 2.29. The largest absolute Gasteiger partial charge is 0.301 e. The van der Waals surface area contributed by atoms with Gasteiger partial charge in [-0.2, -0.15) is 0 Å². The third-order valence-corrected chi connectivity index (χ3v) is 3.54. The molecule has 0 saturated carbocycles. The zero-order valence-corrected chi connectivity index (χ0v) is 9.29. The van der Waals surface area contributed by atoms with Crippen LogP contribution < -0.4 is 0 Å². The summed E-state index contributed by atoms with van der Waals surface area (Å²) in [6.45, 7) is 13.3. The summed E-state index contributed by atoms with van der Waals surface area (Å²) < 4.78 is 0. The smallest absolute Gasteiger partial charge is 0.00726 e. The number of rotatable bonds is 3. The van der Waals surface area contributed by atoms with Crippen molar-refractivity contribution in [2.45, 2.75) is 39.7 Å². The molecule has 0 spiro atoms. The number of piperidine rings is 1. The third-order valence-electron chi connectivity index (χ3n) is 3.54. The summed E-state index contributed by atoms with van der Waals surface area (Å²) in [6, 6.07) is 0.746. The van der Waals surface area contributed by atoms with Crippen molar-refractivity contribution < 1.29 is 0 Å². The molecule has 1 nitrogen and oxygen atoms in total. The average molecular weight is 181 g/mol. The summed E-state index contributed by atoms with van der Waals surface area (Å²) in [5.74, 6) is 1.59. The molecule has 0 bridgehead atoms. The van der Waals surface area contributed by atoms with Crippen LogP contribution in [0.2, 0.25) is 0 Å². The predicted octanol–water partition coefficient (Wildman–Crippen LogP) is 2.93. The Morgan fingerprint density at radius 1 is 1.46 bits per heavy atom. The van der Waals surface area contributed by atoms with Crippen molar-refractivity contribution in [3.8, 4) is 0 Å². The number of nitrogens with zero attached hydrogens (tertiary/aromatic N) is 1. The predicted molar refractivity (Wildman–Crippen MR) is 58.8 cm³/mol. The van der Waals surface area contributed by atoms with Crippen molar-refractivity contribution in [1.82, 2.24) is 4.90 Å².